The van der Waals surface area contributed by atoms with Gasteiger partial charge in [0, 0.05) is 5.02 Å². The van der Waals surface area contributed by atoms with Gasteiger partial charge in [-0.1, -0.05) is 34.8 Å². The summed E-state index contributed by atoms with van der Waals surface area (Å²) in [7, 11) is 0. The van der Waals surface area contributed by atoms with E-state index in [1.807, 2.05) is 6.07 Å². The predicted molar refractivity (Wildman–Crippen MR) is 64.9 cm³/mol. The molecule has 0 aromatic heterocycles. The molecule has 0 saturated heterocycles. The van der Waals surface area contributed by atoms with Crippen molar-refractivity contribution in [3.05, 3.63) is 27.2 Å². The third-order valence-corrected chi connectivity index (χ3v) is 2.66. The molecule has 1 amide bonds. The van der Waals surface area contributed by atoms with E-state index in [1.165, 1.54) is 19.1 Å². The average Bonchev–Trinajstić information content (AvgIpc) is 2.21. The number of carbonyl (C=O) groups is 1. The molecule has 0 spiro atoms. The molecule has 1 N–H and O–H groups in total. The van der Waals surface area contributed by atoms with Gasteiger partial charge in [0.2, 0.25) is 5.91 Å². The van der Waals surface area contributed by atoms with E-state index in [-0.39, 0.29) is 15.7 Å². The highest BCUT2D eigenvalue weighted by Crippen LogP contribution is 2.33. The fourth-order valence-electron chi connectivity index (χ4n) is 0.952. The third-order valence-electron chi connectivity index (χ3n) is 1.84. The lowest BCUT2D eigenvalue weighted by atomic mass is 10.2. The molecule has 0 aliphatic carbocycles. The van der Waals surface area contributed by atoms with E-state index in [1.54, 1.807) is 0 Å². The Balaban J connectivity index is 2.99. The van der Waals surface area contributed by atoms with Crippen LogP contribution in [0.25, 0.3) is 0 Å². The molecule has 0 heterocycles. The Kier molecular flexibility index (Phi) is 4.43. The Morgan fingerprint density at radius 1 is 1.38 bits per heavy atom. The molecule has 0 saturated carbocycles. The molecule has 0 aliphatic heterocycles. The molecule has 1 unspecified atom stereocenters. The van der Waals surface area contributed by atoms with Gasteiger partial charge < -0.3 is 5.32 Å². The zero-order valence-corrected chi connectivity index (χ0v) is 10.5. The minimum atomic E-state index is -0.775. The van der Waals surface area contributed by atoms with Gasteiger partial charge in [-0.05, 0) is 19.1 Å². The number of nitriles is 1. The van der Waals surface area contributed by atoms with Gasteiger partial charge in [-0.25, -0.2) is 0 Å². The molecular weight excluding hydrogens is 270 g/mol. The number of hydrogen-bond donors (Lipinski definition) is 1. The van der Waals surface area contributed by atoms with E-state index >= 15 is 0 Å². The van der Waals surface area contributed by atoms with Crippen molar-refractivity contribution in [1.82, 2.24) is 0 Å². The van der Waals surface area contributed by atoms with E-state index in [0.29, 0.717) is 5.02 Å². The lowest BCUT2D eigenvalue weighted by Gasteiger charge is -2.10. The molecule has 0 aliphatic rings. The summed E-state index contributed by atoms with van der Waals surface area (Å²) in [5.41, 5.74) is 0.264. The van der Waals surface area contributed by atoms with Crippen molar-refractivity contribution < 1.29 is 4.79 Å². The first-order valence-electron chi connectivity index (χ1n) is 4.30. The maximum Gasteiger partial charge on any atom is 0.241 e. The van der Waals surface area contributed by atoms with Crippen molar-refractivity contribution in [3.8, 4) is 6.07 Å². The predicted octanol–water partition coefficient (Wildman–Crippen LogP) is 3.74. The smallest absolute Gasteiger partial charge is 0.241 e. The molecular formula is C10H7Cl3N2O. The lowest BCUT2D eigenvalue weighted by Crippen LogP contribution is -2.19. The number of amides is 1. The number of benzene rings is 1. The van der Waals surface area contributed by atoms with Crippen molar-refractivity contribution in [3.63, 3.8) is 0 Å². The van der Waals surface area contributed by atoms with Crippen LogP contribution in [-0.2, 0) is 4.79 Å². The second-order valence-corrected chi connectivity index (χ2v) is 4.34. The molecule has 0 fully saturated rings. The number of carbonyl (C=O) groups excluding carboxylic acids is 1. The van der Waals surface area contributed by atoms with Crippen LogP contribution in [-0.4, -0.2) is 5.91 Å². The normalized spacial score (nSPS) is 11.7. The van der Waals surface area contributed by atoms with E-state index in [0.717, 1.165) is 0 Å². The van der Waals surface area contributed by atoms with Crippen molar-refractivity contribution in [1.29, 1.82) is 5.26 Å². The minimum Gasteiger partial charge on any atom is -0.322 e. The number of halogens is 3. The molecule has 0 radical (unpaired) electrons. The molecule has 3 nitrogen and oxygen atoms in total. The molecule has 1 aromatic rings. The fourth-order valence-corrected chi connectivity index (χ4v) is 1.86. The Bertz CT molecular complexity index is 445. The van der Waals surface area contributed by atoms with E-state index in [9.17, 15) is 4.79 Å². The van der Waals surface area contributed by atoms with Gasteiger partial charge in [0.1, 0.15) is 5.92 Å². The topological polar surface area (TPSA) is 52.9 Å². The zero-order valence-electron chi connectivity index (χ0n) is 8.22. The summed E-state index contributed by atoms with van der Waals surface area (Å²) >= 11 is 17.4. The van der Waals surface area contributed by atoms with Crippen LogP contribution in [0.3, 0.4) is 0 Å². The van der Waals surface area contributed by atoms with Crippen molar-refractivity contribution in [2.75, 3.05) is 5.32 Å². The first-order valence-corrected chi connectivity index (χ1v) is 5.44. The molecule has 1 aromatic carbocycles. The summed E-state index contributed by atoms with van der Waals surface area (Å²) in [6.07, 6.45) is 0. The lowest BCUT2D eigenvalue weighted by molar-refractivity contribution is -0.117. The maximum atomic E-state index is 11.4. The van der Waals surface area contributed by atoms with Gasteiger partial charge in [-0.2, -0.15) is 5.26 Å². The molecule has 16 heavy (non-hydrogen) atoms. The second-order valence-electron chi connectivity index (χ2n) is 3.08. The van der Waals surface area contributed by atoms with Crippen LogP contribution in [0.5, 0.6) is 0 Å². The van der Waals surface area contributed by atoms with Crippen molar-refractivity contribution >= 4 is 46.4 Å². The van der Waals surface area contributed by atoms with Crippen LogP contribution in [0.2, 0.25) is 15.1 Å². The SMILES string of the molecule is CC(C#N)C(=O)Nc1c(Cl)cc(Cl)cc1Cl. The fraction of sp³-hybridized carbons (Fsp3) is 0.200. The quantitative estimate of drug-likeness (QED) is 0.895. The van der Waals surface area contributed by atoms with Crippen LogP contribution < -0.4 is 5.32 Å². The number of rotatable bonds is 2. The largest absolute Gasteiger partial charge is 0.322 e. The Morgan fingerprint density at radius 2 is 1.88 bits per heavy atom. The number of nitrogens with one attached hydrogen (secondary N) is 1. The van der Waals surface area contributed by atoms with Crippen molar-refractivity contribution in [2.24, 2.45) is 5.92 Å². The van der Waals surface area contributed by atoms with Crippen LogP contribution >= 0.6 is 34.8 Å². The van der Waals surface area contributed by atoms with E-state index < -0.39 is 11.8 Å². The average molecular weight is 278 g/mol. The highest BCUT2D eigenvalue weighted by Gasteiger charge is 2.15. The zero-order chi connectivity index (χ0) is 12.3. The molecule has 0 bridgehead atoms. The number of anilines is 1. The van der Waals surface area contributed by atoms with Crippen LogP contribution in [0.1, 0.15) is 6.92 Å². The summed E-state index contributed by atoms with van der Waals surface area (Å²) in [5.74, 6) is -1.24. The Morgan fingerprint density at radius 3 is 2.31 bits per heavy atom. The molecule has 84 valence electrons. The van der Waals surface area contributed by atoms with Crippen molar-refractivity contribution in [2.45, 2.75) is 6.92 Å². The highest BCUT2D eigenvalue weighted by atomic mass is 35.5. The van der Waals surface area contributed by atoms with Gasteiger partial charge >= 0.3 is 0 Å². The first-order chi connectivity index (χ1) is 7.45. The van der Waals surface area contributed by atoms with Crippen LogP contribution in [0.4, 0.5) is 5.69 Å². The summed E-state index contributed by atoms with van der Waals surface area (Å²) in [5, 5.41) is 11.9. The summed E-state index contributed by atoms with van der Waals surface area (Å²) in [6.45, 7) is 1.48. The Hall–Kier alpha value is -0.950. The van der Waals surface area contributed by atoms with Gasteiger partial charge in [0.25, 0.3) is 0 Å². The first kappa shape index (κ1) is 13.1. The third kappa shape index (κ3) is 3.02. The standard InChI is InChI=1S/C10H7Cl3N2O/c1-5(4-14)10(16)15-9-7(12)2-6(11)3-8(9)13/h2-3,5H,1H3,(H,15,16). The highest BCUT2D eigenvalue weighted by molar-refractivity contribution is 6.42. The molecule has 1 atom stereocenters. The number of nitrogens with zero attached hydrogens (tertiary/aromatic N) is 1. The van der Waals surface area contributed by atoms with E-state index in [2.05, 4.69) is 5.32 Å². The Labute approximate surface area is 108 Å². The summed E-state index contributed by atoms with van der Waals surface area (Å²) in [6, 6.07) is 4.73. The second kappa shape index (κ2) is 5.40. The molecule has 6 heteroatoms. The van der Waals surface area contributed by atoms with Gasteiger partial charge in [-0.15, -0.1) is 0 Å². The monoisotopic (exact) mass is 276 g/mol. The van der Waals surface area contributed by atoms with Crippen LogP contribution in [0, 0.1) is 17.2 Å². The summed E-state index contributed by atoms with van der Waals surface area (Å²) < 4.78 is 0. The number of hydrogen-bond acceptors (Lipinski definition) is 2. The van der Waals surface area contributed by atoms with Gasteiger partial charge in [-0.3, -0.25) is 4.79 Å². The maximum absolute atomic E-state index is 11.4. The van der Waals surface area contributed by atoms with Crippen LogP contribution in [0.15, 0.2) is 12.1 Å². The van der Waals surface area contributed by atoms with Gasteiger partial charge in [0.15, 0.2) is 0 Å². The van der Waals surface area contributed by atoms with E-state index in [4.69, 9.17) is 40.1 Å². The molecule has 1 rings (SSSR count). The summed E-state index contributed by atoms with van der Waals surface area (Å²) in [4.78, 5) is 11.4. The minimum absolute atomic E-state index is 0.232. The van der Waals surface area contributed by atoms with Gasteiger partial charge in [0.05, 0.1) is 21.8 Å².